The third-order valence-corrected chi connectivity index (χ3v) is 4.16. The molecule has 0 bridgehead atoms. The minimum Gasteiger partial charge on any atom is -0.495 e. The molecule has 1 aliphatic rings. The van der Waals surface area contributed by atoms with Crippen molar-refractivity contribution in [3.8, 4) is 17.2 Å². The zero-order valence-electron chi connectivity index (χ0n) is 14.8. The van der Waals surface area contributed by atoms with Crippen molar-refractivity contribution in [2.75, 3.05) is 27.1 Å². The number of ketones is 1. The summed E-state index contributed by atoms with van der Waals surface area (Å²) in [6.45, 7) is -0.758. The molecule has 1 aliphatic heterocycles. The first-order valence-corrected chi connectivity index (χ1v) is 8.56. The Balaban J connectivity index is 1.47. The lowest BCUT2D eigenvalue weighted by molar-refractivity contribution is -0.141. The van der Waals surface area contributed by atoms with Crippen LogP contribution in [0.2, 0.25) is 5.02 Å². The minimum absolute atomic E-state index is 0.0974. The number of hydrogen-bond acceptors (Lipinski definition) is 7. The van der Waals surface area contributed by atoms with Crippen LogP contribution in [0.3, 0.4) is 0 Å². The first kappa shape index (κ1) is 19.5. The first-order chi connectivity index (χ1) is 13.5. The van der Waals surface area contributed by atoms with E-state index in [2.05, 4.69) is 5.32 Å². The number of amides is 1. The van der Waals surface area contributed by atoms with E-state index in [9.17, 15) is 14.4 Å². The van der Waals surface area contributed by atoms with E-state index in [4.69, 9.17) is 30.5 Å². The summed E-state index contributed by atoms with van der Waals surface area (Å²) < 4.78 is 20.3. The van der Waals surface area contributed by atoms with E-state index in [1.54, 1.807) is 18.2 Å². The highest BCUT2D eigenvalue weighted by atomic mass is 35.5. The maximum Gasteiger partial charge on any atom is 0.325 e. The van der Waals surface area contributed by atoms with Gasteiger partial charge in [0.25, 0.3) is 5.91 Å². The maximum absolute atomic E-state index is 12.1. The molecule has 0 atom stereocenters. The van der Waals surface area contributed by atoms with Gasteiger partial charge >= 0.3 is 5.97 Å². The topological polar surface area (TPSA) is 100 Å². The lowest BCUT2D eigenvalue weighted by Gasteiger charge is -2.08. The predicted molar refractivity (Wildman–Crippen MR) is 98.2 cm³/mol. The third kappa shape index (κ3) is 4.52. The number of carbonyl (C=O) groups excluding carboxylic acids is 3. The van der Waals surface area contributed by atoms with Crippen LogP contribution in [0.1, 0.15) is 20.7 Å². The number of fused-ring (bicyclic) bond motifs is 1. The average Bonchev–Trinajstić information content (AvgIpc) is 3.17. The molecule has 3 rings (SSSR count). The number of methoxy groups -OCH3 is 1. The van der Waals surface area contributed by atoms with E-state index in [-0.39, 0.29) is 23.9 Å². The Morgan fingerprint density at radius 1 is 1.07 bits per heavy atom. The van der Waals surface area contributed by atoms with Crippen LogP contribution in [0.25, 0.3) is 0 Å². The van der Waals surface area contributed by atoms with Crippen molar-refractivity contribution in [2.24, 2.45) is 0 Å². The molecular weight excluding hydrogens is 390 g/mol. The van der Waals surface area contributed by atoms with Gasteiger partial charge in [-0.05, 0) is 36.4 Å². The molecule has 146 valence electrons. The number of ether oxygens (including phenoxy) is 4. The van der Waals surface area contributed by atoms with Crippen molar-refractivity contribution in [3.63, 3.8) is 0 Å². The largest absolute Gasteiger partial charge is 0.495 e. The summed E-state index contributed by atoms with van der Waals surface area (Å²) in [6.07, 6.45) is 0. The fourth-order valence-electron chi connectivity index (χ4n) is 2.41. The highest BCUT2D eigenvalue weighted by Crippen LogP contribution is 2.32. The molecule has 28 heavy (non-hydrogen) atoms. The van der Waals surface area contributed by atoms with Crippen LogP contribution < -0.4 is 19.5 Å². The number of esters is 1. The summed E-state index contributed by atoms with van der Waals surface area (Å²) in [5.74, 6) is -0.223. The van der Waals surface area contributed by atoms with Gasteiger partial charge in [-0.1, -0.05) is 11.6 Å². The number of benzene rings is 2. The Bertz CT molecular complexity index is 928. The van der Waals surface area contributed by atoms with Crippen LogP contribution in [0.5, 0.6) is 17.2 Å². The Morgan fingerprint density at radius 2 is 1.82 bits per heavy atom. The van der Waals surface area contributed by atoms with Gasteiger partial charge in [-0.2, -0.15) is 0 Å². The molecular formula is C19H16ClNO7. The van der Waals surface area contributed by atoms with Gasteiger partial charge in [0.1, 0.15) is 12.3 Å². The van der Waals surface area contributed by atoms with Crippen LogP contribution in [0.15, 0.2) is 36.4 Å². The lowest BCUT2D eigenvalue weighted by atomic mass is 10.1. The second-order valence-electron chi connectivity index (χ2n) is 5.68. The standard InChI is InChI=1S/C19H16ClNO7/c1-25-15-4-2-11(6-13(15)20)14(22)9-26-18(23)8-21-19(24)12-3-5-16-17(7-12)28-10-27-16/h2-7H,8-10H2,1H3,(H,21,24). The third-order valence-electron chi connectivity index (χ3n) is 3.87. The van der Waals surface area contributed by atoms with Crippen molar-refractivity contribution in [1.82, 2.24) is 5.32 Å². The highest BCUT2D eigenvalue weighted by Gasteiger charge is 2.17. The molecule has 0 aliphatic carbocycles. The Kier molecular flexibility index (Phi) is 6.00. The van der Waals surface area contributed by atoms with Gasteiger partial charge in [0.15, 0.2) is 23.9 Å². The van der Waals surface area contributed by atoms with E-state index < -0.39 is 24.3 Å². The summed E-state index contributed by atoms with van der Waals surface area (Å²) >= 11 is 5.97. The highest BCUT2D eigenvalue weighted by molar-refractivity contribution is 6.32. The molecule has 0 saturated heterocycles. The van der Waals surface area contributed by atoms with Gasteiger partial charge in [-0.25, -0.2) is 0 Å². The molecule has 0 unspecified atom stereocenters. The van der Waals surface area contributed by atoms with Crippen molar-refractivity contribution in [1.29, 1.82) is 0 Å². The van der Waals surface area contributed by atoms with Gasteiger partial charge in [-0.15, -0.1) is 0 Å². The quantitative estimate of drug-likeness (QED) is 0.557. The lowest BCUT2D eigenvalue weighted by Crippen LogP contribution is -2.31. The van der Waals surface area contributed by atoms with Crippen LogP contribution >= 0.6 is 11.6 Å². The second kappa shape index (κ2) is 8.62. The fourth-order valence-corrected chi connectivity index (χ4v) is 2.67. The van der Waals surface area contributed by atoms with Crippen LogP contribution in [-0.2, 0) is 9.53 Å². The number of Topliss-reactive ketones (excluding diaryl/α,β-unsaturated/α-hetero) is 1. The normalized spacial score (nSPS) is 11.6. The molecule has 1 heterocycles. The molecule has 0 radical (unpaired) electrons. The SMILES string of the molecule is COc1ccc(C(=O)COC(=O)CNC(=O)c2ccc3c(c2)OCO3)cc1Cl. The number of carbonyl (C=O) groups is 3. The first-order valence-electron chi connectivity index (χ1n) is 8.18. The van der Waals surface area contributed by atoms with Gasteiger partial charge < -0.3 is 24.3 Å². The number of hydrogen-bond donors (Lipinski definition) is 1. The van der Waals surface area contributed by atoms with Crippen molar-refractivity contribution in [2.45, 2.75) is 0 Å². The smallest absolute Gasteiger partial charge is 0.325 e. The average molecular weight is 406 g/mol. The van der Waals surface area contributed by atoms with Gasteiger partial charge in [0.05, 0.1) is 12.1 Å². The number of halogens is 1. The molecule has 0 spiro atoms. The zero-order chi connectivity index (χ0) is 20.1. The Hall–Kier alpha value is -3.26. The van der Waals surface area contributed by atoms with Gasteiger partial charge in [-0.3, -0.25) is 14.4 Å². The monoisotopic (exact) mass is 405 g/mol. The second-order valence-corrected chi connectivity index (χ2v) is 6.09. The fraction of sp³-hybridized carbons (Fsp3) is 0.211. The van der Waals surface area contributed by atoms with Gasteiger partial charge in [0, 0.05) is 11.1 Å². The summed E-state index contributed by atoms with van der Waals surface area (Å²) in [6, 6.07) is 9.16. The Labute approximate surface area is 165 Å². The predicted octanol–water partition coefficient (Wildman–Crippen LogP) is 2.23. The van der Waals surface area contributed by atoms with Crippen molar-refractivity contribution >= 4 is 29.3 Å². The summed E-state index contributed by atoms with van der Waals surface area (Å²) in [5.41, 5.74) is 0.587. The van der Waals surface area contributed by atoms with E-state index in [0.29, 0.717) is 22.8 Å². The number of nitrogens with one attached hydrogen (secondary N) is 1. The summed E-state index contributed by atoms with van der Waals surface area (Å²) in [5, 5.41) is 2.69. The molecule has 0 saturated carbocycles. The zero-order valence-corrected chi connectivity index (χ0v) is 15.6. The Morgan fingerprint density at radius 3 is 2.57 bits per heavy atom. The molecule has 0 aromatic heterocycles. The van der Waals surface area contributed by atoms with E-state index in [1.807, 2.05) is 0 Å². The molecule has 2 aromatic carbocycles. The maximum atomic E-state index is 12.1. The van der Waals surface area contributed by atoms with E-state index >= 15 is 0 Å². The summed E-state index contributed by atoms with van der Waals surface area (Å²) in [4.78, 5) is 36.0. The van der Waals surface area contributed by atoms with Crippen molar-refractivity contribution < 1.29 is 33.3 Å². The molecule has 1 amide bonds. The molecule has 8 nitrogen and oxygen atoms in total. The molecule has 1 N–H and O–H groups in total. The van der Waals surface area contributed by atoms with Crippen LogP contribution in [-0.4, -0.2) is 44.7 Å². The number of rotatable bonds is 7. The van der Waals surface area contributed by atoms with E-state index in [1.165, 1.54) is 25.3 Å². The molecule has 2 aromatic rings. The molecule has 9 heteroatoms. The van der Waals surface area contributed by atoms with E-state index in [0.717, 1.165) is 0 Å². The van der Waals surface area contributed by atoms with Crippen LogP contribution in [0, 0.1) is 0 Å². The molecule has 0 fully saturated rings. The minimum atomic E-state index is -0.748. The van der Waals surface area contributed by atoms with Crippen LogP contribution in [0.4, 0.5) is 0 Å². The van der Waals surface area contributed by atoms with Gasteiger partial charge in [0.2, 0.25) is 6.79 Å². The van der Waals surface area contributed by atoms with Crippen molar-refractivity contribution in [3.05, 3.63) is 52.5 Å². The summed E-state index contributed by atoms with van der Waals surface area (Å²) in [7, 11) is 1.46.